The summed E-state index contributed by atoms with van der Waals surface area (Å²) in [6.07, 6.45) is 2.41. The van der Waals surface area contributed by atoms with Gasteiger partial charge in [0, 0.05) is 17.8 Å². The number of hydrogen-bond acceptors (Lipinski definition) is 8. The van der Waals surface area contributed by atoms with Crippen LogP contribution in [-0.2, 0) is 28.7 Å². The van der Waals surface area contributed by atoms with Crippen LogP contribution >= 0.6 is 0 Å². The van der Waals surface area contributed by atoms with Crippen LogP contribution in [0.4, 0.5) is 9.18 Å². The van der Waals surface area contributed by atoms with Gasteiger partial charge in [0.2, 0.25) is 11.8 Å². The molecule has 2 heterocycles. The van der Waals surface area contributed by atoms with E-state index in [9.17, 15) is 33.2 Å². The van der Waals surface area contributed by atoms with Crippen LogP contribution < -0.4 is 21.3 Å². The molecule has 1 saturated heterocycles. The normalized spacial score (nSPS) is 18.3. The van der Waals surface area contributed by atoms with Crippen LogP contribution in [-0.4, -0.2) is 77.4 Å². The van der Waals surface area contributed by atoms with E-state index in [4.69, 9.17) is 9.47 Å². The third-order valence-corrected chi connectivity index (χ3v) is 8.31. The minimum Gasteiger partial charge on any atom is -0.456 e. The first-order valence-electron chi connectivity index (χ1n) is 16.5. The fraction of sp³-hybridized carbons (Fsp3) is 0.588. The van der Waals surface area contributed by atoms with Crippen molar-refractivity contribution in [3.8, 4) is 0 Å². The molecule has 3 unspecified atom stereocenters. The van der Waals surface area contributed by atoms with Crippen molar-refractivity contribution in [1.82, 2.24) is 26.3 Å². The van der Waals surface area contributed by atoms with Crippen molar-refractivity contribution < 1.29 is 42.6 Å². The first kappa shape index (κ1) is 36.3. The lowest BCUT2D eigenvalue weighted by Crippen LogP contribution is -2.54. The third-order valence-electron chi connectivity index (χ3n) is 8.31. The molecule has 1 aliphatic carbocycles. The molecule has 4 amide bonds. The number of carbonyl (C=O) groups is 6. The van der Waals surface area contributed by atoms with Gasteiger partial charge in [-0.25, -0.2) is 14.0 Å². The molecule has 1 aromatic carbocycles. The number of hydrogen-bond donors (Lipinski definition) is 5. The van der Waals surface area contributed by atoms with Gasteiger partial charge in [-0.05, 0) is 70.4 Å². The molecule has 48 heavy (non-hydrogen) atoms. The summed E-state index contributed by atoms with van der Waals surface area (Å²) in [4.78, 5) is 81.1. The smallest absolute Gasteiger partial charge is 0.408 e. The summed E-state index contributed by atoms with van der Waals surface area (Å²) >= 11 is 0. The van der Waals surface area contributed by atoms with Gasteiger partial charge in [-0.3, -0.25) is 19.2 Å². The van der Waals surface area contributed by atoms with Crippen LogP contribution in [0.3, 0.4) is 0 Å². The molecule has 2 aliphatic rings. The number of ketones is 1. The van der Waals surface area contributed by atoms with E-state index in [-0.39, 0.29) is 29.5 Å². The molecule has 14 heteroatoms. The second-order valence-corrected chi connectivity index (χ2v) is 14.0. The number of alkyl carbamates (subject to hydrolysis) is 1. The van der Waals surface area contributed by atoms with Gasteiger partial charge in [0.15, 0.2) is 12.4 Å². The number of amides is 4. The lowest BCUT2D eigenvalue weighted by molar-refractivity contribution is -0.152. The highest BCUT2D eigenvalue weighted by molar-refractivity contribution is 6.01. The zero-order chi connectivity index (χ0) is 35.2. The predicted octanol–water partition coefficient (Wildman–Crippen LogP) is 3.27. The van der Waals surface area contributed by atoms with Gasteiger partial charge in [-0.1, -0.05) is 38.8 Å². The molecule has 0 spiro atoms. The highest BCUT2D eigenvalue weighted by Crippen LogP contribution is 2.34. The number of para-hydroxylation sites is 1. The second kappa shape index (κ2) is 15.6. The van der Waals surface area contributed by atoms with E-state index in [1.54, 1.807) is 40.7 Å². The van der Waals surface area contributed by atoms with Crippen LogP contribution in [0.25, 0.3) is 10.9 Å². The molecule has 1 aliphatic heterocycles. The highest BCUT2D eigenvalue weighted by Gasteiger charge is 2.36. The Kier molecular flexibility index (Phi) is 11.8. The van der Waals surface area contributed by atoms with Gasteiger partial charge in [-0.15, -0.1) is 0 Å². The lowest BCUT2D eigenvalue weighted by atomic mass is 9.90. The van der Waals surface area contributed by atoms with Crippen molar-refractivity contribution in [2.45, 2.75) is 96.9 Å². The molecule has 262 valence electrons. The van der Waals surface area contributed by atoms with E-state index < -0.39 is 77.6 Å². The number of rotatable bonds is 14. The average molecular weight is 672 g/mol. The summed E-state index contributed by atoms with van der Waals surface area (Å²) in [6.45, 7) is 8.20. The Labute approximate surface area is 278 Å². The number of halogens is 1. The van der Waals surface area contributed by atoms with E-state index in [0.717, 1.165) is 12.8 Å². The van der Waals surface area contributed by atoms with E-state index in [1.165, 1.54) is 18.2 Å². The standard InChI is InChI=1S/C34H46FN5O8/c1-18(2)27(40-33(46)48-34(3,4)5)32(45)47-17-26(41)23(16-21-9-7-13-36-29(21)42)38-30(43)24(14-19-11-12-19)39-31(44)25-15-20-8-6-10-22(35)28(20)37-25/h6,8,10,15,18-19,21,23-24,27,37H,7,9,11-14,16-17H2,1-5H3,(H,36,42)(H,38,43)(H,39,44)(H,40,46)/t21-,23?,24?,27?/m0/s1. The molecule has 0 radical (unpaired) electrons. The van der Waals surface area contributed by atoms with E-state index >= 15 is 0 Å². The molecule has 4 atom stereocenters. The van der Waals surface area contributed by atoms with Crippen molar-refractivity contribution in [1.29, 1.82) is 0 Å². The number of esters is 1. The molecular formula is C34H46FN5O8. The number of H-pyrrole nitrogens is 1. The fourth-order valence-corrected chi connectivity index (χ4v) is 5.55. The predicted molar refractivity (Wildman–Crippen MR) is 173 cm³/mol. The Hall–Kier alpha value is -4.49. The molecule has 2 aromatic rings. The maximum Gasteiger partial charge on any atom is 0.408 e. The minimum atomic E-state index is -1.21. The molecule has 2 fully saturated rings. The van der Waals surface area contributed by atoms with E-state index in [1.807, 2.05) is 0 Å². The van der Waals surface area contributed by atoms with Gasteiger partial charge in [0.1, 0.15) is 29.2 Å². The van der Waals surface area contributed by atoms with Crippen molar-refractivity contribution in [2.75, 3.05) is 13.2 Å². The first-order valence-corrected chi connectivity index (χ1v) is 16.5. The Morgan fingerprint density at radius 1 is 1.00 bits per heavy atom. The highest BCUT2D eigenvalue weighted by atomic mass is 19.1. The van der Waals surface area contributed by atoms with Crippen LogP contribution in [0.15, 0.2) is 24.3 Å². The Morgan fingerprint density at radius 2 is 1.73 bits per heavy atom. The first-order chi connectivity index (χ1) is 22.6. The van der Waals surface area contributed by atoms with Gasteiger partial charge < -0.3 is 35.7 Å². The van der Waals surface area contributed by atoms with Gasteiger partial charge in [-0.2, -0.15) is 0 Å². The van der Waals surface area contributed by atoms with E-state index in [0.29, 0.717) is 31.2 Å². The van der Waals surface area contributed by atoms with Gasteiger partial charge in [0.05, 0.1) is 11.6 Å². The summed E-state index contributed by atoms with van der Waals surface area (Å²) in [5.41, 5.74) is -0.563. The number of nitrogens with one attached hydrogen (secondary N) is 5. The summed E-state index contributed by atoms with van der Waals surface area (Å²) in [5.74, 6) is -4.31. The van der Waals surface area contributed by atoms with Crippen LogP contribution in [0, 0.1) is 23.6 Å². The average Bonchev–Trinajstić information content (AvgIpc) is 3.71. The summed E-state index contributed by atoms with van der Waals surface area (Å²) in [5, 5.41) is 11.2. The largest absolute Gasteiger partial charge is 0.456 e. The summed E-state index contributed by atoms with van der Waals surface area (Å²) in [6, 6.07) is 2.59. The zero-order valence-corrected chi connectivity index (χ0v) is 28.1. The number of ether oxygens (including phenoxy) is 2. The number of benzene rings is 1. The number of Topliss-reactive ketones (excluding diaryl/α,β-unsaturated/α-hetero) is 1. The number of aromatic amines is 1. The maximum atomic E-state index is 14.2. The second-order valence-electron chi connectivity index (χ2n) is 14.0. The molecule has 1 aromatic heterocycles. The molecule has 5 N–H and O–H groups in total. The van der Waals surface area contributed by atoms with Crippen molar-refractivity contribution >= 4 is 46.5 Å². The molecule has 4 rings (SSSR count). The number of carbonyl (C=O) groups excluding carboxylic acids is 6. The minimum absolute atomic E-state index is 0.0386. The Morgan fingerprint density at radius 3 is 2.35 bits per heavy atom. The summed E-state index contributed by atoms with van der Waals surface area (Å²) in [7, 11) is 0. The monoisotopic (exact) mass is 671 g/mol. The SMILES string of the molecule is CC(C)C(NC(=O)OC(C)(C)C)C(=O)OCC(=O)C(C[C@@H]1CCCNC1=O)NC(=O)C(CC1CC1)NC(=O)c1cc2cccc(F)c2[nH]1. The lowest BCUT2D eigenvalue weighted by Gasteiger charge is -2.28. The third kappa shape index (κ3) is 10.3. The van der Waals surface area contributed by atoms with E-state index in [2.05, 4.69) is 26.3 Å². The van der Waals surface area contributed by atoms with Crippen LogP contribution in [0.1, 0.15) is 83.6 Å². The summed E-state index contributed by atoms with van der Waals surface area (Å²) < 4.78 is 24.8. The van der Waals surface area contributed by atoms with Gasteiger partial charge in [0.25, 0.3) is 5.91 Å². The molecule has 13 nitrogen and oxygen atoms in total. The number of aromatic nitrogens is 1. The Bertz CT molecular complexity index is 1530. The Balaban J connectivity index is 1.46. The van der Waals surface area contributed by atoms with Crippen LogP contribution in [0.2, 0.25) is 0 Å². The topological polar surface area (TPSA) is 185 Å². The van der Waals surface area contributed by atoms with Crippen molar-refractivity contribution in [3.05, 3.63) is 35.8 Å². The van der Waals surface area contributed by atoms with Gasteiger partial charge >= 0.3 is 12.1 Å². The molecular weight excluding hydrogens is 625 g/mol. The number of piperidine rings is 1. The van der Waals surface area contributed by atoms with Crippen LogP contribution in [0.5, 0.6) is 0 Å². The fourth-order valence-electron chi connectivity index (χ4n) is 5.55. The zero-order valence-electron chi connectivity index (χ0n) is 28.1. The molecule has 1 saturated carbocycles. The quantitative estimate of drug-likeness (QED) is 0.190. The van der Waals surface area contributed by atoms with Crippen molar-refractivity contribution in [3.63, 3.8) is 0 Å². The molecule has 0 bridgehead atoms. The van der Waals surface area contributed by atoms with Crippen molar-refractivity contribution in [2.24, 2.45) is 17.8 Å². The maximum absolute atomic E-state index is 14.2. The number of fused-ring (bicyclic) bond motifs is 1.